The Hall–Kier alpha value is -3.63. The van der Waals surface area contributed by atoms with E-state index in [1.165, 1.54) is 4.31 Å². The summed E-state index contributed by atoms with van der Waals surface area (Å²) < 4.78 is 36.1. The molecule has 1 unspecified atom stereocenters. The average molecular weight is 496 g/mol. The van der Waals surface area contributed by atoms with E-state index in [0.717, 1.165) is 21.6 Å². The number of ether oxygens (including phenoxy) is 1. The zero-order valence-electron chi connectivity index (χ0n) is 18.2. The quantitative estimate of drug-likeness (QED) is 0.458. The van der Waals surface area contributed by atoms with Crippen LogP contribution in [0.2, 0.25) is 0 Å². The van der Waals surface area contributed by atoms with Crippen molar-refractivity contribution in [1.29, 1.82) is 0 Å². The maximum atomic E-state index is 13.3. The molecule has 0 aliphatic carbocycles. The van der Waals surface area contributed by atoms with Crippen LogP contribution in [0.1, 0.15) is 5.56 Å². The first kappa shape index (κ1) is 22.2. The first-order chi connectivity index (χ1) is 16.3. The first-order valence-electron chi connectivity index (χ1n) is 10.5. The number of rotatable bonds is 5. The molecular weight excluding hydrogens is 474 g/mol. The topological polar surface area (TPSA) is 97.7 Å². The fourth-order valence-corrected chi connectivity index (χ4v) is 6.40. The number of anilines is 2. The minimum Gasteiger partial charge on any atom is -0.476 e. The number of para-hydroxylation sites is 2. The molecule has 4 aromatic rings. The Morgan fingerprint density at radius 2 is 1.82 bits per heavy atom. The molecule has 0 spiro atoms. The number of fused-ring (bicyclic) bond motifs is 2. The zero-order chi connectivity index (χ0) is 23.9. The highest BCUT2D eigenvalue weighted by molar-refractivity contribution is 7.92. The van der Waals surface area contributed by atoms with Crippen LogP contribution < -0.4 is 19.2 Å². The van der Waals surface area contributed by atoms with Crippen LogP contribution in [0.4, 0.5) is 11.4 Å². The van der Waals surface area contributed by atoms with Gasteiger partial charge in [-0.3, -0.25) is 13.9 Å². The van der Waals surface area contributed by atoms with E-state index >= 15 is 0 Å². The highest BCUT2D eigenvalue weighted by Gasteiger charge is 2.36. The molecule has 0 fully saturated rings. The maximum absolute atomic E-state index is 13.3. The van der Waals surface area contributed by atoms with E-state index in [0.29, 0.717) is 22.7 Å². The minimum atomic E-state index is -3.78. The van der Waals surface area contributed by atoms with E-state index in [4.69, 9.17) is 4.74 Å². The molecule has 174 valence electrons. The third kappa shape index (κ3) is 4.17. The second-order valence-electron chi connectivity index (χ2n) is 7.95. The highest BCUT2D eigenvalue weighted by atomic mass is 32.2. The number of hydrogen-bond acceptors (Lipinski definition) is 6. The smallest absolute Gasteiger partial charge is 0.307 e. The summed E-state index contributed by atoms with van der Waals surface area (Å²) in [7, 11) is -2.09. The normalized spacial score (nSPS) is 15.6. The van der Waals surface area contributed by atoms with E-state index in [-0.39, 0.29) is 17.2 Å². The van der Waals surface area contributed by atoms with Crippen molar-refractivity contribution >= 4 is 48.9 Å². The number of hydrogen-bond donors (Lipinski definition) is 1. The number of carbonyl (C=O) groups is 1. The molecule has 1 amide bonds. The van der Waals surface area contributed by atoms with Gasteiger partial charge in [0.1, 0.15) is 5.75 Å². The minimum absolute atomic E-state index is 0.0926. The van der Waals surface area contributed by atoms with Crippen molar-refractivity contribution in [2.45, 2.75) is 11.9 Å². The predicted octanol–water partition coefficient (Wildman–Crippen LogP) is 3.34. The Balaban J connectivity index is 1.41. The molecule has 2 heterocycles. The lowest BCUT2D eigenvalue weighted by Gasteiger charge is -2.34. The van der Waals surface area contributed by atoms with Gasteiger partial charge in [0, 0.05) is 12.7 Å². The standard InChI is InChI=1S/C24H21N3O5S2/c1-26-19-12-11-17(13-22(19)33-24(26)29)25-23(28)21-14-27(18-9-5-6-10-20(18)32-21)34(30,31)15-16-7-3-2-4-8-16/h2-13,21H,14-15H2,1H3,(H,25,28). The molecule has 10 heteroatoms. The third-order valence-corrected chi connectivity index (χ3v) is 8.33. The van der Waals surface area contributed by atoms with Crippen molar-refractivity contribution in [2.24, 2.45) is 7.05 Å². The van der Waals surface area contributed by atoms with Crippen molar-refractivity contribution in [2.75, 3.05) is 16.2 Å². The van der Waals surface area contributed by atoms with Crippen molar-refractivity contribution in [3.05, 3.63) is 88.0 Å². The number of thiazole rings is 1. The van der Waals surface area contributed by atoms with Crippen LogP contribution in [0.3, 0.4) is 0 Å². The highest BCUT2D eigenvalue weighted by Crippen LogP contribution is 2.36. The lowest BCUT2D eigenvalue weighted by atomic mass is 10.2. The van der Waals surface area contributed by atoms with Gasteiger partial charge in [-0.15, -0.1) is 0 Å². The monoisotopic (exact) mass is 495 g/mol. The molecule has 1 aromatic heterocycles. The SMILES string of the molecule is Cn1c(=O)sc2cc(NC(=O)C3CN(S(=O)(=O)Cc4ccccc4)c4ccccc4O3)ccc21. The van der Waals surface area contributed by atoms with Gasteiger partial charge < -0.3 is 14.6 Å². The summed E-state index contributed by atoms with van der Waals surface area (Å²) in [5, 5.41) is 2.79. The summed E-state index contributed by atoms with van der Waals surface area (Å²) in [4.78, 5) is 24.9. The Morgan fingerprint density at radius 3 is 2.62 bits per heavy atom. The maximum Gasteiger partial charge on any atom is 0.307 e. The Kier molecular flexibility index (Phi) is 5.62. The molecule has 3 aromatic carbocycles. The molecule has 0 saturated heterocycles. The van der Waals surface area contributed by atoms with E-state index in [2.05, 4.69) is 5.32 Å². The second kappa shape index (κ2) is 8.62. The van der Waals surface area contributed by atoms with Gasteiger partial charge in [0.15, 0.2) is 6.10 Å². The molecule has 0 radical (unpaired) electrons. The second-order valence-corrected chi connectivity index (χ2v) is 10.8. The van der Waals surface area contributed by atoms with Crippen LogP contribution in [-0.4, -0.2) is 31.5 Å². The van der Waals surface area contributed by atoms with Gasteiger partial charge in [0.05, 0.1) is 28.2 Å². The first-order valence-corrected chi connectivity index (χ1v) is 12.9. The van der Waals surface area contributed by atoms with Gasteiger partial charge in [-0.05, 0) is 35.9 Å². The number of benzene rings is 3. The summed E-state index contributed by atoms with van der Waals surface area (Å²) in [6.45, 7) is -0.154. The molecule has 0 saturated carbocycles. The van der Waals surface area contributed by atoms with E-state index < -0.39 is 22.0 Å². The predicted molar refractivity (Wildman–Crippen MR) is 133 cm³/mol. The number of nitrogens with one attached hydrogen (secondary N) is 1. The molecule has 5 rings (SSSR count). The molecule has 1 atom stereocenters. The van der Waals surface area contributed by atoms with E-state index in [1.54, 1.807) is 78.3 Å². The molecule has 1 N–H and O–H groups in total. The van der Waals surface area contributed by atoms with Crippen molar-refractivity contribution in [3.8, 4) is 5.75 Å². The molecule has 0 bridgehead atoms. The van der Waals surface area contributed by atoms with Crippen molar-refractivity contribution < 1.29 is 17.9 Å². The Morgan fingerprint density at radius 1 is 1.09 bits per heavy atom. The summed E-state index contributed by atoms with van der Waals surface area (Å²) in [5.74, 6) is -0.348. The number of amides is 1. The summed E-state index contributed by atoms with van der Waals surface area (Å²) >= 11 is 1.09. The van der Waals surface area contributed by atoms with Crippen LogP contribution >= 0.6 is 11.3 Å². The lowest BCUT2D eigenvalue weighted by Crippen LogP contribution is -2.49. The van der Waals surface area contributed by atoms with Crippen LogP contribution in [-0.2, 0) is 27.6 Å². The van der Waals surface area contributed by atoms with Crippen LogP contribution in [0.25, 0.3) is 10.2 Å². The van der Waals surface area contributed by atoms with Crippen molar-refractivity contribution in [3.63, 3.8) is 0 Å². The summed E-state index contributed by atoms with van der Waals surface area (Å²) in [5.41, 5.74) is 2.33. The fraction of sp³-hybridized carbons (Fsp3) is 0.167. The van der Waals surface area contributed by atoms with Gasteiger partial charge in [-0.25, -0.2) is 8.42 Å². The van der Waals surface area contributed by atoms with Crippen LogP contribution in [0, 0.1) is 0 Å². The molecule has 34 heavy (non-hydrogen) atoms. The van der Waals surface area contributed by atoms with E-state index in [9.17, 15) is 18.0 Å². The number of nitrogens with zero attached hydrogens (tertiary/aromatic N) is 2. The third-order valence-electron chi connectivity index (χ3n) is 5.61. The van der Waals surface area contributed by atoms with Crippen molar-refractivity contribution in [1.82, 2.24) is 4.57 Å². The molecule has 1 aliphatic rings. The number of aromatic nitrogens is 1. The summed E-state index contributed by atoms with van der Waals surface area (Å²) in [6, 6.07) is 20.9. The summed E-state index contributed by atoms with van der Waals surface area (Å²) in [6.07, 6.45) is -1.05. The Bertz CT molecular complexity index is 1540. The lowest BCUT2D eigenvalue weighted by molar-refractivity contribution is -0.122. The largest absolute Gasteiger partial charge is 0.476 e. The fourth-order valence-electron chi connectivity index (χ4n) is 3.90. The average Bonchev–Trinajstić information content (AvgIpc) is 3.11. The number of aryl methyl sites for hydroxylation is 1. The van der Waals surface area contributed by atoms with Crippen LogP contribution in [0.15, 0.2) is 77.6 Å². The molecule has 1 aliphatic heterocycles. The molecular formula is C24H21N3O5S2. The zero-order valence-corrected chi connectivity index (χ0v) is 19.8. The van der Waals surface area contributed by atoms with E-state index in [1.807, 2.05) is 6.07 Å². The number of carbonyl (C=O) groups excluding carboxylic acids is 1. The van der Waals surface area contributed by atoms with Gasteiger partial charge in [-0.1, -0.05) is 53.8 Å². The van der Waals surface area contributed by atoms with Gasteiger partial charge in [-0.2, -0.15) is 0 Å². The van der Waals surface area contributed by atoms with Gasteiger partial charge in [0.25, 0.3) is 5.91 Å². The van der Waals surface area contributed by atoms with Gasteiger partial charge >= 0.3 is 4.87 Å². The molecule has 8 nitrogen and oxygen atoms in total. The number of sulfonamides is 1. The van der Waals surface area contributed by atoms with Gasteiger partial charge in [0.2, 0.25) is 10.0 Å². The van der Waals surface area contributed by atoms with Crippen LogP contribution in [0.5, 0.6) is 5.75 Å². The Labute approximate surface area is 200 Å².